The summed E-state index contributed by atoms with van der Waals surface area (Å²) in [6.45, 7) is 2.13. The van der Waals surface area contributed by atoms with Crippen LogP contribution in [0.5, 0.6) is 0 Å². The maximum Gasteiger partial charge on any atom is 0.124 e. The molecule has 1 heterocycles. The maximum absolute atomic E-state index is 7.55. The van der Waals surface area contributed by atoms with Gasteiger partial charge in [-0.05, 0) is 31.0 Å². The first-order chi connectivity index (χ1) is 7.18. The smallest absolute Gasteiger partial charge is 0.124 e. The number of nitrogen functional groups attached to an aromatic ring is 1. The van der Waals surface area contributed by atoms with Crippen LogP contribution in [-0.4, -0.2) is 18.9 Å². The quantitative estimate of drug-likeness (QED) is 0.639. The van der Waals surface area contributed by atoms with E-state index in [-0.39, 0.29) is 5.84 Å². The average Bonchev–Trinajstić information content (AvgIpc) is 2.69. The Morgan fingerprint density at radius 1 is 1.33 bits per heavy atom. The van der Waals surface area contributed by atoms with Gasteiger partial charge in [0.1, 0.15) is 5.84 Å². The van der Waals surface area contributed by atoms with Gasteiger partial charge in [0, 0.05) is 28.8 Å². The number of benzene rings is 1. The van der Waals surface area contributed by atoms with Crippen LogP contribution < -0.4 is 10.6 Å². The molecule has 80 valence electrons. The van der Waals surface area contributed by atoms with Crippen LogP contribution in [0.4, 0.5) is 5.69 Å². The van der Waals surface area contributed by atoms with Crippen molar-refractivity contribution in [2.75, 3.05) is 18.0 Å². The van der Waals surface area contributed by atoms with E-state index in [0.29, 0.717) is 0 Å². The molecule has 1 aliphatic heterocycles. The zero-order chi connectivity index (χ0) is 10.8. The second-order valence-corrected chi connectivity index (χ2v) is 4.68. The molecule has 0 bridgehead atoms. The maximum atomic E-state index is 7.55. The summed E-state index contributed by atoms with van der Waals surface area (Å²) in [6.07, 6.45) is 2.45. The van der Waals surface area contributed by atoms with Crippen molar-refractivity contribution < 1.29 is 0 Å². The van der Waals surface area contributed by atoms with Crippen molar-refractivity contribution >= 4 is 27.5 Å². The zero-order valence-electron chi connectivity index (χ0n) is 8.46. The molecule has 1 saturated heterocycles. The molecule has 0 spiro atoms. The zero-order valence-corrected chi connectivity index (χ0v) is 10.0. The van der Waals surface area contributed by atoms with Gasteiger partial charge in [-0.15, -0.1) is 0 Å². The third kappa shape index (κ3) is 2.15. The number of nitrogens with two attached hydrogens (primary N) is 1. The van der Waals surface area contributed by atoms with E-state index in [2.05, 4.69) is 20.8 Å². The highest BCUT2D eigenvalue weighted by atomic mass is 79.9. The molecule has 1 aromatic carbocycles. The molecule has 2 rings (SSSR count). The van der Waals surface area contributed by atoms with Crippen molar-refractivity contribution in [3.63, 3.8) is 0 Å². The molecule has 4 heteroatoms. The first kappa shape index (κ1) is 10.5. The van der Waals surface area contributed by atoms with Crippen molar-refractivity contribution in [1.82, 2.24) is 0 Å². The number of amidine groups is 1. The van der Waals surface area contributed by atoms with E-state index in [1.165, 1.54) is 12.8 Å². The summed E-state index contributed by atoms with van der Waals surface area (Å²) in [5.74, 6) is 0.143. The highest BCUT2D eigenvalue weighted by Crippen LogP contribution is 2.27. The molecular formula is C11H14BrN3. The van der Waals surface area contributed by atoms with Gasteiger partial charge in [0.15, 0.2) is 0 Å². The monoisotopic (exact) mass is 267 g/mol. The lowest BCUT2D eigenvalue weighted by molar-refractivity contribution is 0.949. The van der Waals surface area contributed by atoms with Crippen molar-refractivity contribution in [2.45, 2.75) is 12.8 Å². The van der Waals surface area contributed by atoms with Crippen molar-refractivity contribution in [1.29, 1.82) is 5.41 Å². The number of nitrogens with one attached hydrogen (secondary N) is 1. The van der Waals surface area contributed by atoms with Gasteiger partial charge >= 0.3 is 0 Å². The topological polar surface area (TPSA) is 53.1 Å². The first-order valence-corrected chi connectivity index (χ1v) is 5.86. The van der Waals surface area contributed by atoms with Crippen LogP contribution in [0.1, 0.15) is 18.4 Å². The normalized spacial score (nSPS) is 15.7. The fraction of sp³-hybridized carbons (Fsp3) is 0.364. The Labute approximate surface area is 97.9 Å². The van der Waals surface area contributed by atoms with E-state index in [1.54, 1.807) is 0 Å². The number of anilines is 1. The minimum atomic E-state index is 0.143. The van der Waals surface area contributed by atoms with Gasteiger partial charge in [0.25, 0.3) is 0 Å². The fourth-order valence-corrected chi connectivity index (χ4v) is 2.30. The molecule has 15 heavy (non-hydrogen) atoms. The molecule has 0 saturated carbocycles. The van der Waals surface area contributed by atoms with Crippen LogP contribution in [0.15, 0.2) is 22.7 Å². The van der Waals surface area contributed by atoms with Gasteiger partial charge in [-0.1, -0.05) is 15.9 Å². The molecule has 0 atom stereocenters. The van der Waals surface area contributed by atoms with E-state index < -0.39 is 0 Å². The van der Waals surface area contributed by atoms with Crippen LogP contribution >= 0.6 is 15.9 Å². The Morgan fingerprint density at radius 2 is 2.00 bits per heavy atom. The summed E-state index contributed by atoms with van der Waals surface area (Å²) in [4.78, 5) is 2.29. The summed E-state index contributed by atoms with van der Waals surface area (Å²) < 4.78 is 1.04. The van der Waals surface area contributed by atoms with E-state index in [4.69, 9.17) is 11.1 Å². The van der Waals surface area contributed by atoms with Crippen LogP contribution in [-0.2, 0) is 0 Å². The number of rotatable bonds is 2. The van der Waals surface area contributed by atoms with Gasteiger partial charge in [-0.25, -0.2) is 0 Å². The van der Waals surface area contributed by atoms with Crippen LogP contribution in [0.2, 0.25) is 0 Å². The predicted octanol–water partition coefficient (Wildman–Crippen LogP) is 2.33. The van der Waals surface area contributed by atoms with Crippen LogP contribution in [0, 0.1) is 5.41 Å². The third-order valence-corrected chi connectivity index (χ3v) is 3.19. The second-order valence-electron chi connectivity index (χ2n) is 3.77. The van der Waals surface area contributed by atoms with E-state index in [0.717, 1.165) is 28.8 Å². The van der Waals surface area contributed by atoms with Crippen LogP contribution in [0.3, 0.4) is 0 Å². The van der Waals surface area contributed by atoms with Gasteiger partial charge in [-0.3, -0.25) is 5.41 Å². The summed E-state index contributed by atoms with van der Waals surface area (Å²) in [7, 11) is 0. The van der Waals surface area contributed by atoms with E-state index in [9.17, 15) is 0 Å². The lowest BCUT2D eigenvalue weighted by Crippen LogP contribution is -2.23. The van der Waals surface area contributed by atoms with Crippen molar-refractivity contribution in [3.8, 4) is 0 Å². The molecule has 3 N–H and O–H groups in total. The van der Waals surface area contributed by atoms with Gasteiger partial charge in [0.2, 0.25) is 0 Å². The third-order valence-electron chi connectivity index (χ3n) is 2.70. The highest BCUT2D eigenvalue weighted by Gasteiger charge is 2.16. The predicted molar refractivity (Wildman–Crippen MR) is 66.6 cm³/mol. The Bertz CT molecular complexity index is 383. The number of halogens is 1. The molecule has 0 aliphatic carbocycles. The molecule has 1 aromatic rings. The Morgan fingerprint density at radius 3 is 2.60 bits per heavy atom. The minimum Gasteiger partial charge on any atom is -0.384 e. The Kier molecular flexibility index (Phi) is 2.95. The van der Waals surface area contributed by atoms with Gasteiger partial charge in [-0.2, -0.15) is 0 Å². The molecule has 1 aliphatic rings. The summed E-state index contributed by atoms with van der Waals surface area (Å²) in [5, 5.41) is 7.55. The number of hydrogen-bond donors (Lipinski definition) is 2. The number of nitrogens with zero attached hydrogens (tertiary/aromatic N) is 1. The molecule has 1 fully saturated rings. The number of hydrogen-bond acceptors (Lipinski definition) is 2. The molecule has 0 radical (unpaired) electrons. The summed E-state index contributed by atoms with van der Waals surface area (Å²) >= 11 is 3.45. The Hall–Kier alpha value is -1.03. The molecule has 0 unspecified atom stereocenters. The standard InChI is InChI=1S/C11H14BrN3/c12-8-3-4-9(11(13)14)10(7-8)15-5-1-2-6-15/h3-4,7H,1-2,5-6H2,(H3,13,14). The van der Waals surface area contributed by atoms with E-state index >= 15 is 0 Å². The SMILES string of the molecule is N=C(N)c1ccc(Br)cc1N1CCCC1. The second kappa shape index (κ2) is 4.23. The lowest BCUT2D eigenvalue weighted by atomic mass is 10.1. The first-order valence-electron chi connectivity index (χ1n) is 5.07. The summed E-state index contributed by atoms with van der Waals surface area (Å²) in [6, 6.07) is 5.87. The highest BCUT2D eigenvalue weighted by molar-refractivity contribution is 9.10. The van der Waals surface area contributed by atoms with Crippen molar-refractivity contribution in [3.05, 3.63) is 28.2 Å². The van der Waals surface area contributed by atoms with Crippen molar-refractivity contribution in [2.24, 2.45) is 5.73 Å². The fourth-order valence-electron chi connectivity index (χ4n) is 1.95. The summed E-state index contributed by atoms with van der Waals surface area (Å²) in [5.41, 5.74) is 7.49. The largest absolute Gasteiger partial charge is 0.384 e. The minimum absolute atomic E-state index is 0.143. The van der Waals surface area contributed by atoms with Gasteiger partial charge in [0.05, 0.1) is 0 Å². The Balaban J connectivity index is 2.41. The average molecular weight is 268 g/mol. The molecular weight excluding hydrogens is 254 g/mol. The molecule has 3 nitrogen and oxygen atoms in total. The molecule has 0 amide bonds. The lowest BCUT2D eigenvalue weighted by Gasteiger charge is -2.21. The van der Waals surface area contributed by atoms with E-state index in [1.807, 2.05) is 18.2 Å². The molecule has 0 aromatic heterocycles. The van der Waals surface area contributed by atoms with Crippen LogP contribution in [0.25, 0.3) is 0 Å². The van der Waals surface area contributed by atoms with Gasteiger partial charge < -0.3 is 10.6 Å².